The molecular formula is C46H77N7O10. The Hall–Kier alpha value is -3.71. The zero-order valence-electron chi connectivity index (χ0n) is 39.9. The summed E-state index contributed by atoms with van der Waals surface area (Å²) < 4.78 is 33.4. The van der Waals surface area contributed by atoms with Crippen molar-refractivity contribution in [3.63, 3.8) is 0 Å². The zero-order valence-corrected chi connectivity index (χ0v) is 39.9. The number of rotatable bonds is 18. The number of aliphatic hydroxyl groups excluding tert-OH is 2. The first kappa shape index (κ1) is 51.9. The first-order valence-electron chi connectivity index (χ1n) is 22.8. The van der Waals surface area contributed by atoms with Crippen LogP contribution in [0.15, 0.2) is 30.5 Å². The number of methoxy groups -OCH3 is 1. The van der Waals surface area contributed by atoms with Gasteiger partial charge >= 0.3 is 12.1 Å². The molecule has 1 aromatic carbocycles. The molecule has 12 atom stereocenters. The summed E-state index contributed by atoms with van der Waals surface area (Å²) in [7, 11) is 5.40. The molecule has 1 amide bonds. The molecule has 0 radical (unpaired) electrons. The van der Waals surface area contributed by atoms with Gasteiger partial charge in [-0.05, 0) is 98.9 Å². The highest BCUT2D eigenvalue weighted by atomic mass is 16.7. The molecule has 0 saturated carbocycles. The van der Waals surface area contributed by atoms with Gasteiger partial charge in [-0.1, -0.05) is 45.0 Å². The summed E-state index contributed by atoms with van der Waals surface area (Å²) in [5.74, 6) is -3.33. The third-order valence-electron chi connectivity index (χ3n) is 13.5. The molecular weight excluding hydrogens is 811 g/mol. The number of nitrogen functional groups attached to an aromatic ring is 1. The van der Waals surface area contributed by atoms with Crippen molar-refractivity contribution in [2.45, 2.75) is 155 Å². The number of aliphatic hydroxyl groups is 2. The number of esters is 1. The average Bonchev–Trinajstić information content (AvgIpc) is 3.82. The summed E-state index contributed by atoms with van der Waals surface area (Å²) in [5, 5.41) is 30.1. The van der Waals surface area contributed by atoms with Crippen LogP contribution in [-0.2, 0) is 39.8 Å². The fourth-order valence-electron chi connectivity index (χ4n) is 9.87. The standard InChI is InChI=1S/C46H77N7O10/c1-13-36(50(10)23-24-54)39(56)43(60-15-3)62-41-30(5)38(55)31(6)42(57)61-37(14-2)46(9)40(32(7)51(11)27-29(4)26-45(41,8)59-12)53(44(58)63-46)22-17-16-21-52-28-35(48-49-52)33-19-18-20-34(47)25-33/h18-20,25,28-32,36-37,39-41,43,54,56H,13-17,21-24,26-27,47H2,1-12H3/t29-,30+,31-,32-,36?,37-,39?,40-,41-,43+,45-,46-/m1/s1. The Morgan fingerprint density at radius 1 is 1.08 bits per heavy atom. The van der Waals surface area contributed by atoms with E-state index < -0.39 is 77.6 Å². The molecule has 2 fully saturated rings. The number of ketones is 1. The summed E-state index contributed by atoms with van der Waals surface area (Å²) in [5.41, 5.74) is 5.87. The van der Waals surface area contributed by atoms with E-state index in [2.05, 4.69) is 29.1 Å². The summed E-state index contributed by atoms with van der Waals surface area (Å²) in [6.45, 7) is 18.7. The van der Waals surface area contributed by atoms with Gasteiger partial charge in [-0.15, -0.1) is 5.10 Å². The Morgan fingerprint density at radius 3 is 2.40 bits per heavy atom. The van der Waals surface area contributed by atoms with Crippen molar-refractivity contribution in [3.05, 3.63) is 30.5 Å². The van der Waals surface area contributed by atoms with Crippen LogP contribution in [-0.4, -0.2) is 166 Å². The van der Waals surface area contributed by atoms with Gasteiger partial charge in [-0.2, -0.15) is 0 Å². The molecule has 4 N–H and O–H groups in total. The van der Waals surface area contributed by atoms with E-state index in [1.54, 1.807) is 30.5 Å². The van der Waals surface area contributed by atoms with E-state index in [0.717, 1.165) is 11.3 Å². The lowest BCUT2D eigenvalue weighted by Gasteiger charge is -2.45. The molecule has 1 aromatic heterocycles. The predicted octanol–water partition coefficient (Wildman–Crippen LogP) is 4.63. The number of Topliss-reactive ketones (excluding diaryl/α,β-unsaturated/α-hetero) is 1. The molecule has 2 aromatic rings. The number of nitrogens with zero attached hydrogens (tertiary/aromatic N) is 6. The number of nitrogens with two attached hydrogens (primary N) is 1. The van der Waals surface area contributed by atoms with Gasteiger partial charge in [-0.25, -0.2) is 4.79 Å². The molecule has 2 aliphatic heterocycles. The van der Waals surface area contributed by atoms with E-state index in [1.807, 2.05) is 77.2 Å². The van der Waals surface area contributed by atoms with Crippen molar-refractivity contribution < 1.29 is 48.3 Å². The number of ether oxygens (including phenoxy) is 5. The van der Waals surface area contributed by atoms with Crippen LogP contribution in [0.1, 0.15) is 94.4 Å². The number of fused-ring (bicyclic) bond motifs is 1. The second-order valence-corrected chi connectivity index (χ2v) is 18.2. The monoisotopic (exact) mass is 888 g/mol. The Bertz CT molecular complexity index is 1780. The second kappa shape index (κ2) is 23.0. The normalized spacial score (nSPS) is 30.6. The van der Waals surface area contributed by atoms with E-state index in [-0.39, 0.29) is 25.2 Å². The molecule has 356 valence electrons. The maximum absolute atomic E-state index is 14.5. The van der Waals surface area contributed by atoms with Crippen molar-refractivity contribution >= 4 is 23.5 Å². The van der Waals surface area contributed by atoms with Gasteiger partial charge in [0.05, 0.1) is 30.6 Å². The first-order valence-corrected chi connectivity index (χ1v) is 22.8. The number of likely N-dealkylation sites (N-methyl/N-ethyl adjacent to an activating group) is 2. The molecule has 2 unspecified atom stereocenters. The smallest absolute Gasteiger partial charge is 0.410 e. The van der Waals surface area contributed by atoms with Gasteiger partial charge in [0.1, 0.15) is 23.8 Å². The number of aryl methyl sites for hydroxylation is 1. The van der Waals surface area contributed by atoms with Crippen LogP contribution in [0, 0.1) is 17.8 Å². The van der Waals surface area contributed by atoms with Crippen LogP contribution >= 0.6 is 0 Å². The van der Waals surface area contributed by atoms with Crippen molar-refractivity contribution in [1.29, 1.82) is 0 Å². The van der Waals surface area contributed by atoms with Crippen LogP contribution in [0.25, 0.3) is 11.3 Å². The Kier molecular flexibility index (Phi) is 18.9. The van der Waals surface area contributed by atoms with E-state index in [0.29, 0.717) is 64.0 Å². The van der Waals surface area contributed by atoms with Gasteiger partial charge in [-0.3, -0.25) is 24.1 Å². The lowest BCUT2D eigenvalue weighted by atomic mass is 9.78. The van der Waals surface area contributed by atoms with Crippen molar-refractivity contribution in [2.75, 3.05) is 59.8 Å². The molecule has 17 nitrogen and oxygen atoms in total. The number of hydrogen-bond donors (Lipinski definition) is 3. The van der Waals surface area contributed by atoms with Crippen molar-refractivity contribution in [1.82, 2.24) is 29.7 Å². The highest BCUT2D eigenvalue weighted by molar-refractivity contribution is 6.00. The summed E-state index contributed by atoms with van der Waals surface area (Å²) in [6.07, 6.45) is -0.111. The maximum atomic E-state index is 14.5. The van der Waals surface area contributed by atoms with Gasteiger partial charge < -0.3 is 44.5 Å². The molecule has 4 rings (SSSR count). The van der Waals surface area contributed by atoms with Crippen LogP contribution in [0.5, 0.6) is 0 Å². The molecule has 63 heavy (non-hydrogen) atoms. The molecule has 2 aliphatic rings. The fraction of sp³-hybridized carbons (Fsp3) is 0.761. The number of carbonyl (C=O) groups excluding carboxylic acids is 3. The summed E-state index contributed by atoms with van der Waals surface area (Å²) in [6, 6.07) is 6.27. The van der Waals surface area contributed by atoms with E-state index >= 15 is 0 Å². The molecule has 0 bridgehead atoms. The second-order valence-electron chi connectivity index (χ2n) is 18.2. The van der Waals surface area contributed by atoms with Gasteiger partial charge in [0.15, 0.2) is 17.7 Å². The molecule has 2 saturated heterocycles. The lowest BCUT2D eigenvalue weighted by molar-refractivity contribution is -0.266. The fourth-order valence-corrected chi connectivity index (χ4v) is 9.87. The Labute approximate surface area is 374 Å². The number of anilines is 1. The number of benzene rings is 1. The van der Waals surface area contributed by atoms with Crippen LogP contribution in [0.3, 0.4) is 0 Å². The summed E-state index contributed by atoms with van der Waals surface area (Å²) >= 11 is 0. The minimum atomic E-state index is -1.25. The zero-order chi connectivity index (χ0) is 46.8. The van der Waals surface area contributed by atoms with E-state index in [4.69, 9.17) is 29.4 Å². The number of unbranched alkanes of at least 4 members (excludes halogenated alkanes) is 1. The largest absolute Gasteiger partial charge is 0.458 e. The molecule has 17 heteroatoms. The molecule has 0 spiro atoms. The van der Waals surface area contributed by atoms with Crippen LogP contribution < -0.4 is 5.73 Å². The minimum Gasteiger partial charge on any atom is -0.458 e. The lowest BCUT2D eigenvalue weighted by Crippen LogP contribution is -2.61. The van der Waals surface area contributed by atoms with Gasteiger partial charge in [0.25, 0.3) is 0 Å². The molecule has 0 aliphatic carbocycles. The van der Waals surface area contributed by atoms with E-state index in [1.165, 1.54) is 6.92 Å². The Morgan fingerprint density at radius 2 is 1.78 bits per heavy atom. The quantitative estimate of drug-likeness (QED) is 0.0614. The predicted molar refractivity (Wildman–Crippen MR) is 239 cm³/mol. The van der Waals surface area contributed by atoms with Crippen molar-refractivity contribution in [2.24, 2.45) is 17.8 Å². The van der Waals surface area contributed by atoms with Crippen LogP contribution in [0.2, 0.25) is 0 Å². The Balaban J connectivity index is 1.64. The third-order valence-corrected chi connectivity index (χ3v) is 13.5. The van der Waals surface area contributed by atoms with Gasteiger partial charge in [0, 0.05) is 69.1 Å². The first-order chi connectivity index (χ1) is 29.8. The average molecular weight is 888 g/mol. The SMILES string of the molecule is CCO[C@@H](O[C@@H]1[C@@H](C)C(=O)[C@@H](C)C(=O)O[C@H](CC)[C@@]2(C)OC(=O)N(CCCCn3cc(-c4cccc(N)c4)nn3)[C@@H]2[C@@H](C)N(C)C[C@H](C)C[C@@]1(C)OC)C(O)C(CC)N(C)CCO. The maximum Gasteiger partial charge on any atom is 0.410 e. The number of aromatic nitrogens is 3. The van der Waals surface area contributed by atoms with Crippen LogP contribution in [0.4, 0.5) is 10.5 Å². The number of amides is 1. The molecule has 3 heterocycles. The minimum absolute atomic E-state index is 0.0367. The number of carbonyl (C=O) groups is 3. The summed E-state index contributed by atoms with van der Waals surface area (Å²) in [4.78, 5) is 48.5. The number of hydrogen-bond acceptors (Lipinski definition) is 15. The van der Waals surface area contributed by atoms with Crippen molar-refractivity contribution in [3.8, 4) is 11.3 Å². The number of cyclic esters (lactones) is 1. The van der Waals surface area contributed by atoms with E-state index in [9.17, 15) is 24.6 Å². The highest BCUT2D eigenvalue weighted by Crippen LogP contribution is 2.41. The topological polar surface area (TPSA) is 204 Å². The third kappa shape index (κ3) is 12.2. The highest BCUT2D eigenvalue weighted by Gasteiger charge is 2.59. The van der Waals surface area contributed by atoms with Gasteiger partial charge in [0.2, 0.25) is 0 Å².